The van der Waals surface area contributed by atoms with Gasteiger partial charge in [-0.15, -0.1) is 0 Å². The summed E-state index contributed by atoms with van der Waals surface area (Å²) in [6.07, 6.45) is -8.22. The van der Waals surface area contributed by atoms with Gasteiger partial charge in [0.15, 0.2) is 0 Å². The van der Waals surface area contributed by atoms with Crippen LogP contribution in [0.5, 0.6) is 0 Å². The van der Waals surface area contributed by atoms with E-state index >= 15 is 0 Å². The molecule has 2 aromatic carbocycles. The Morgan fingerprint density at radius 1 is 1.07 bits per heavy atom. The van der Waals surface area contributed by atoms with Gasteiger partial charge in [0.2, 0.25) is 0 Å². The quantitative estimate of drug-likeness (QED) is 0.487. The average molecular weight is 457 g/mol. The maximum atomic E-state index is 13.5. The van der Waals surface area contributed by atoms with Crippen LogP contribution in [0.2, 0.25) is 10.0 Å². The smallest absolute Gasteiger partial charge is 0.417 e. The third kappa shape index (κ3) is 5.45. The summed E-state index contributed by atoms with van der Waals surface area (Å²) < 4.78 is 79.8. The minimum absolute atomic E-state index is 0.0884. The summed E-state index contributed by atoms with van der Waals surface area (Å²) in [5.74, 6) is -3.96. The summed E-state index contributed by atoms with van der Waals surface area (Å²) in [5, 5.41) is 8.89. The fraction of sp³-hybridized carbons (Fsp3) is 0.211. The highest BCUT2D eigenvalue weighted by Crippen LogP contribution is 2.40. The zero-order valence-corrected chi connectivity index (χ0v) is 16.0. The molecule has 1 atom stereocenters. The molecule has 0 aliphatic heterocycles. The molecule has 0 fully saturated rings. The number of hydrogen-bond acceptors (Lipinski definition) is 1. The molecule has 2 rings (SSSR count). The largest absolute Gasteiger partial charge is 0.478 e. The first kappa shape index (κ1) is 23.1. The second-order valence-corrected chi connectivity index (χ2v) is 6.91. The molecule has 156 valence electrons. The molecular formula is C19H12Cl2F6O2. The van der Waals surface area contributed by atoms with Crippen LogP contribution < -0.4 is 0 Å². The third-order valence-electron chi connectivity index (χ3n) is 4.00. The van der Waals surface area contributed by atoms with E-state index in [1.54, 1.807) is 0 Å². The molecule has 10 heteroatoms. The van der Waals surface area contributed by atoms with Crippen LogP contribution in [0.3, 0.4) is 0 Å². The maximum absolute atomic E-state index is 13.5. The number of aromatic carboxylic acids is 1. The van der Waals surface area contributed by atoms with Crippen molar-refractivity contribution in [2.45, 2.75) is 25.2 Å². The predicted octanol–water partition coefficient (Wildman–Crippen LogP) is 7.38. The minimum atomic E-state index is -4.98. The monoisotopic (exact) mass is 456 g/mol. The summed E-state index contributed by atoms with van der Waals surface area (Å²) in [7, 11) is 0. The Hall–Kier alpha value is -2.19. The van der Waals surface area contributed by atoms with Gasteiger partial charge in [0.1, 0.15) is 0 Å². The average Bonchev–Trinajstić information content (AvgIpc) is 2.57. The van der Waals surface area contributed by atoms with E-state index in [1.165, 1.54) is 13.0 Å². The molecule has 0 radical (unpaired) electrons. The summed E-state index contributed by atoms with van der Waals surface area (Å²) >= 11 is 11.7. The number of rotatable bonds is 4. The van der Waals surface area contributed by atoms with E-state index in [1.807, 2.05) is 0 Å². The van der Waals surface area contributed by atoms with Crippen LogP contribution in [0.4, 0.5) is 26.3 Å². The van der Waals surface area contributed by atoms with Gasteiger partial charge in [0, 0.05) is 0 Å². The molecule has 2 nitrogen and oxygen atoms in total. The molecule has 2 aromatic rings. The first-order valence-corrected chi connectivity index (χ1v) is 8.62. The van der Waals surface area contributed by atoms with Crippen LogP contribution in [0.25, 0.3) is 6.08 Å². The Balaban J connectivity index is 2.52. The maximum Gasteiger partial charge on any atom is 0.417 e. The van der Waals surface area contributed by atoms with Crippen molar-refractivity contribution in [1.29, 1.82) is 0 Å². The highest BCUT2D eigenvalue weighted by Gasteiger charge is 2.39. The van der Waals surface area contributed by atoms with Gasteiger partial charge in [-0.05, 0) is 41.8 Å². The second kappa shape index (κ2) is 8.28. The molecule has 0 aliphatic rings. The molecule has 1 unspecified atom stereocenters. The van der Waals surface area contributed by atoms with E-state index in [0.29, 0.717) is 23.8 Å². The van der Waals surface area contributed by atoms with Gasteiger partial charge in [-0.2, -0.15) is 26.3 Å². The Kier molecular flexibility index (Phi) is 6.59. The molecule has 0 aliphatic carbocycles. The zero-order valence-electron chi connectivity index (χ0n) is 14.5. The molecule has 0 spiro atoms. The molecule has 0 saturated carbocycles. The lowest BCUT2D eigenvalue weighted by Gasteiger charge is -2.19. The van der Waals surface area contributed by atoms with Crippen LogP contribution in [0, 0.1) is 6.92 Å². The molecule has 0 heterocycles. The number of carboxylic acid groups (broad SMARTS) is 1. The number of carboxylic acids is 1. The van der Waals surface area contributed by atoms with Crippen LogP contribution in [-0.2, 0) is 6.18 Å². The van der Waals surface area contributed by atoms with E-state index in [4.69, 9.17) is 28.3 Å². The molecule has 0 aromatic heterocycles. The number of hydrogen-bond donors (Lipinski definition) is 1. The highest BCUT2D eigenvalue weighted by molar-refractivity contribution is 6.42. The van der Waals surface area contributed by atoms with Gasteiger partial charge < -0.3 is 5.11 Å². The third-order valence-corrected chi connectivity index (χ3v) is 4.90. The molecule has 1 N–H and O–H groups in total. The normalized spacial score (nSPS) is 13.7. The zero-order chi connectivity index (χ0) is 22.1. The fourth-order valence-electron chi connectivity index (χ4n) is 2.64. The number of carbonyl (C=O) groups is 1. The first-order valence-electron chi connectivity index (χ1n) is 7.87. The summed E-state index contributed by atoms with van der Waals surface area (Å²) in [5.41, 5.74) is -2.63. The Morgan fingerprint density at radius 2 is 1.69 bits per heavy atom. The second-order valence-electron chi connectivity index (χ2n) is 6.12. The van der Waals surface area contributed by atoms with E-state index < -0.39 is 35.4 Å². The van der Waals surface area contributed by atoms with Crippen molar-refractivity contribution in [1.82, 2.24) is 0 Å². The Morgan fingerprint density at radius 3 is 2.17 bits per heavy atom. The van der Waals surface area contributed by atoms with Crippen molar-refractivity contribution in [3.05, 3.63) is 74.3 Å². The lowest BCUT2D eigenvalue weighted by Crippen LogP contribution is -2.19. The van der Waals surface area contributed by atoms with Gasteiger partial charge in [0.05, 0.1) is 27.1 Å². The van der Waals surface area contributed by atoms with Crippen molar-refractivity contribution < 1.29 is 36.2 Å². The summed E-state index contributed by atoms with van der Waals surface area (Å²) in [6.45, 7) is 1.47. The SMILES string of the molecule is Cc1cc(C(/C=C/c2ccc(C(=O)O)c(C(F)(F)F)c2)C(F)(F)F)cc(Cl)c1Cl. The van der Waals surface area contributed by atoms with Crippen LogP contribution in [0.1, 0.15) is 38.5 Å². The van der Waals surface area contributed by atoms with E-state index in [9.17, 15) is 31.1 Å². The van der Waals surface area contributed by atoms with Crippen molar-refractivity contribution in [3.63, 3.8) is 0 Å². The number of allylic oxidation sites excluding steroid dienone is 1. The molecule has 29 heavy (non-hydrogen) atoms. The van der Waals surface area contributed by atoms with Crippen molar-refractivity contribution in [2.24, 2.45) is 0 Å². The number of aryl methyl sites for hydroxylation is 1. The Bertz CT molecular complexity index is 941. The molecule has 0 amide bonds. The summed E-state index contributed by atoms with van der Waals surface area (Å²) in [6, 6.07) is 4.38. The van der Waals surface area contributed by atoms with Gasteiger partial charge in [0.25, 0.3) is 0 Å². The predicted molar refractivity (Wildman–Crippen MR) is 97.4 cm³/mol. The lowest BCUT2D eigenvalue weighted by molar-refractivity contribution is -0.139. The molecule has 0 saturated heterocycles. The first-order chi connectivity index (χ1) is 13.2. The highest BCUT2D eigenvalue weighted by atomic mass is 35.5. The van der Waals surface area contributed by atoms with Gasteiger partial charge in [-0.1, -0.05) is 47.5 Å². The molecule has 0 bridgehead atoms. The van der Waals surface area contributed by atoms with Crippen molar-refractivity contribution in [2.75, 3.05) is 0 Å². The fourth-order valence-corrected chi connectivity index (χ4v) is 3.02. The van der Waals surface area contributed by atoms with Gasteiger partial charge in [-0.25, -0.2) is 4.79 Å². The van der Waals surface area contributed by atoms with Crippen LogP contribution >= 0.6 is 23.2 Å². The number of halogens is 8. The van der Waals surface area contributed by atoms with E-state index in [-0.39, 0.29) is 21.2 Å². The minimum Gasteiger partial charge on any atom is -0.478 e. The lowest BCUT2D eigenvalue weighted by atomic mass is 9.95. The topological polar surface area (TPSA) is 37.3 Å². The van der Waals surface area contributed by atoms with E-state index in [0.717, 1.165) is 18.2 Å². The Labute approximate surface area is 171 Å². The standard InChI is InChI=1S/C19H12Cl2F6O2/c1-9-6-11(8-15(20)16(9)21)13(18(22,23)24)5-3-10-2-4-12(17(28)29)14(7-10)19(25,26)27/h2-8,13H,1H3,(H,28,29)/b5-3+. The number of benzene rings is 2. The van der Waals surface area contributed by atoms with Crippen LogP contribution in [-0.4, -0.2) is 17.3 Å². The molecular weight excluding hydrogens is 445 g/mol. The van der Waals surface area contributed by atoms with Crippen molar-refractivity contribution >= 4 is 35.2 Å². The van der Waals surface area contributed by atoms with E-state index in [2.05, 4.69) is 0 Å². The number of alkyl halides is 6. The van der Waals surface area contributed by atoms with Gasteiger partial charge >= 0.3 is 18.3 Å². The van der Waals surface area contributed by atoms with Crippen LogP contribution in [0.15, 0.2) is 36.4 Å². The summed E-state index contributed by atoms with van der Waals surface area (Å²) in [4.78, 5) is 11.0. The van der Waals surface area contributed by atoms with Gasteiger partial charge in [-0.3, -0.25) is 0 Å². The van der Waals surface area contributed by atoms with Crippen molar-refractivity contribution in [3.8, 4) is 0 Å².